The number of pyridine rings is 1. The number of nitrogens with zero attached hydrogens (tertiary/aromatic N) is 2. The molecule has 0 radical (unpaired) electrons. The van der Waals surface area contributed by atoms with Gasteiger partial charge in [-0.2, -0.15) is 0 Å². The zero-order valence-electron chi connectivity index (χ0n) is 11.7. The van der Waals surface area contributed by atoms with Gasteiger partial charge < -0.3 is 10.6 Å². The molecule has 1 aromatic carbocycles. The SMILES string of the molecule is CC1CCN(c2ccnc3cc(Cl)ccc23)C(CN)C1. The maximum absolute atomic E-state index is 6.06. The zero-order valence-corrected chi connectivity index (χ0v) is 12.5. The first kappa shape index (κ1) is 13.7. The van der Waals surface area contributed by atoms with Gasteiger partial charge in [0.2, 0.25) is 0 Å². The Morgan fingerprint density at radius 3 is 3.05 bits per heavy atom. The molecule has 0 aliphatic carbocycles. The van der Waals surface area contributed by atoms with Crippen LogP contribution in [0.2, 0.25) is 5.02 Å². The molecule has 3 rings (SSSR count). The Labute approximate surface area is 124 Å². The first-order valence-electron chi connectivity index (χ1n) is 7.20. The van der Waals surface area contributed by atoms with Crippen LogP contribution < -0.4 is 10.6 Å². The molecule has 0 amide bonds. The Morgan fingerprint density at radius 1 is 1.40 bits per heavy atom. The number of anilines is 1. The first-order valence-corrected chi connectivity index (χ1v) is 7.58. The van der Waals surface area contributed by atoms with Gasteiger partial charge in [-0.1, -0.05) is 18.5 Å². The number of fused-ring (bicyclic) bond motifs is 1. The average Bonchev–Trinajstić information content (AvgIpc) is 2.46. The van der Waals surface area contributed by atoms with E-state index in [0.717, 1.165) is 34.8 Å². The molecule has 1 aliphatic heterocycles. The molecule has 3 nitrogen and oxygen atoms in total. The molecule has 0 saturated carbocycles. The molecule has 2 heterocycles. The standard InChI is InChI=1S/C16H20ClN3/c1-11-5-7-20(13(8-11)10-18)16-4-6-19-15-9-12(17)2-3-14(15)16/h2-4,6,9,11,13H,5,7-8,10,18H2,1H3. The van der Waals surface area contributed by atoms with Crippen molar-refractivity contribution in [3.63, 3.8) is 0 Å². The van der Waals surface area contributed by atoms with Crippen molar-refractivity contribution in [2.24, 2.45) is 11.7 Å². The lowest BCUT2D eigenvalue weighted by molar-refractivity contribution is 0.367. The van der Waals surface area contributed by atoms with Crippen molar-refractivity contribution in [1.29, 1.82) is 0 Å². The molecular weight excluding hydrogens is 270 g/mol. The van der Waals surface area contributed by atoms with Crippen molar-refractivity contribution >= 4 is 28.2 Å². The summed E-state index contributed by atoms with van der Waals surface area (Å²) in [4.78, 5) is 6.86. The molecule has 2 N–H and O–H groups in total. The average molecular weight is 290 g/mol. The third-order valence-corrected chi connectivity index (χ3v) is 4.48. The van der Waals surface area contributed by atoms with Crippen molar-refractivity contribution < 1.29 is 0 Å². The predicted octanol–water partition coefficient (Wildman–Crippen LogP) is 3.45. The molecule has 0 spiro atoms. The minimum absolute atomic E-state index is 0.417. The lowest BCUT2D eigenvalue weighted by Gasteiger charge is -2.40. The summed E-state index contributed by atoms with van der Waals surface area (Å²) in [6.07, 6.45) is 4.24. The fraction of sp³-hybridized carbons (Fsp3) is 0.438. The smallest absolute Gasteiger partial charge is 0.0737 e. The van der Waals surface area contributed by atoms with Gasteiger partial charge in [0.05, 0.1) is 5.52 Å². The summed E-state index contributed by atoms with van der Waals surface area (Å²) in [5.41, 5.74) is 8.16. The third-order valence-electron chi connectivity index (χ3n) is 4.24. The topological polar surface area (TPSA) is 42.2 Å². The summed E-state index contributed by atoms with van der Waals surface area (Å²) in [5.74, 6) is 0.752. The van der Waals surface area contributed by atoms with Crippen LogP contribution in [-0.2, 0) is 0 Å². The number of nitrogens with two attached hydrogens (primary N) is 1. The summed E-state index contributed by atoms with van der Waals surface area (Å²) < 4.78 is 0. The van der Waals surface area contributed by atoms with E-state index in [-0.39, 0.29) is 0 Å². The summed E-state index contributed by atoms with van der Waals surface area (Å²) in [6.45, 7) is 4.07. The molecule has 1 saturated heterocycles. The van der Waals surface area contributed by atoms with E-state index < -0.39 is 0 Å². The van der Waals surface area contributed by atoms with E-state index in [9.17, 15) is 0 Å². The second-order valence-electron chi connectivity index (χ2n) is 5.70. The van der Waals surface area contributed by atoms with E-state index in [1.165, 1.54) is 12.1 Å². The lowest BCUT2D eigenvalue weighted by atomic mass is 9.91. The predicted molar refractivity (Wildman–Crippen MR) is 85.3 cm³/mol. The third kappa shape index (κ3) is 2.48. The summed E-state index contributed by atoms with van der Waals surface area (Å²) >= 11 is 6.06. The highest BCUT2D eigenvalue weighted by Gasteiger charge is 2.26. The number of hydrogen-bond acceptors (Lipinski definition) is 3. The monoisotopic (exact) mass is 289 g/mol. The van der Waals surface area contributed by atoms with E-state index in [2.05, 4.69) is 28.9 Å². The Hall–Kier alpha value is -1.32. The van der Waals surface area contributed by atoms with Crippen LogP contribution in [0.4, 0.5) is 5.69 Å². The van der Waals surface area contributed by atoms with Crippen molar-refractivity contribution in [1.82, 2.24) is 4.98 Å². The molecule has 1 fully saturated rings. The van der Waals surface area contributed by atoms with Gasteiger partial charge in [-0.15, -0.1) is 0 Å². The van der Waals surface area contributed by atoms with Gasteiger partial charge >= 0.3 is 0 Å². The maximum atomic E-state index is 6.06. The van der Waals surface area contributed by atoms with Crippen molar-refractivity contribution in [3.8, 4) is 0 Å². The number of hydrogen-bond donors (Lipinski definition) is 1. The van der Waals surface area contributed by atoms with E-state index in [4.69, 9.17) is 17.3 Å². The zero-order chi connectivity index (χ0) is 14.1. The fourth-order valence-corrected chi connectivity index (χ4v) is 3.32. The minimum Gasteiger partial charge on any atom is -0.367 e. The Kier molecular flexibility index (Phi) is 3.81. The number of aromatic nitrogens is 1. The molecule has 2 unspecified atom stereocenters. The minimum atomic E-state index is 0.417. The molecule has 0 bridgehead atoms. The summed E-state index contributed by atoms with van der Waals surface area (Å²) in [6, 6.07) is 8.42. The summed E-state index contributed by atoms with van der Waals surface area (Å²) in [7, 11) is 0. The molecule has 106 valence electrons. The Morgan fingerprint density at radius 2 is 2.25 bits per heavy atom. The van der Waals surface area contributed by atoms with Gasteiger partial charge in [-0.05, 0) is 43.0 Å². The Balaban J connectivity index is 2.05. The molecule has 2 atom stereocenters. The number of benzene rings is 1. The number of rotatable bonds is 2. The number of piperidine rings is 1. The van der Waals surface area contributed by atoms with Gasteiger partial charge in [-0.3, -0.25) is 4.98 Å². The van der Waals surface area contributed by atoms with Crippen molar-refractivity contribution in [2.75, 3.05) is 18.0 Å². The van der Waals surface area contributed by atoms with Gasteiger partial charge in [-0.25, -0.2) is 0 Å². The summed E-state index contributed by atoms with van der Waals surface area (Å²) in [5, 5.41) is 1.88. The largest absolute Gasteiger partial charge is 0.367 e. The second kappa shape index (κ2) is 5.58. The van der Waals surface area contributed by atoms with Crippen molar-refractivity contribution in [3.05, 3.63) is 35.5 Å². The van der Waals surface area contributed by atoms with Gasteiger partial charge in [0.1, 0.15) is 0 Å². The van der Waals surface area contributed by atoms with E-state index in [1.54, 1.807) is 0 Å². The van der Waals surface area contributed by atoms with Crippen LogP contribution in [0.25, 0.3) is 10.9 Å². The van der Waals surface area contributed by atoms with Crippen LogP contribution in [0.1, 0.15) is 19.8 Å². The first-order chi connectivity index (χ1) is 9.69. The van der Waals surface area contributed by atoms with Crippen LogP contribution in [0.3, 0.4) is 0 Å². The highest BCUT2D eigenvalue weighted by Crippen LogP contribution is 2.33. The molecule has 20 heavy (non-hydrogen) atoms. The molecule has 1 aromatic heterocycles. The van der Waals surface area contributed by atoms with E-state index in [1.807, 2.05) is 18.3 Å². The molecule has 2 aromatic rings. The van der Waals surface area contributed by atoms with Crippen LogP contribution in [0.15, 0.2) is 30.5 Å². The van der Waals surface area contributed by atoms with E-state index in [0.29, 0.717) is 12.6 Å². The lowest BCUT2D eigenvalue weighted by Crippen LogP contribution is -2.46. The molecule has 4 heteroatoms. The second-order valence-corrected chi connectivity index (χ2v) is 6.14. The van der Waals surface area contributed by atoms with Gasteiger partial charge in [0.25, 0.3) is 0 Å². The van der Waals surface area contributed by atoms with E-state index >= 15 is 0 Å². The van der Waals surface area contributed by atoms with Crippen molar-refractivity contribution in [2.45, 2.75) is 25.8 Å². The normalized spacial score (nSPS) is 23.2. The van der Waals surface area contributed by atoms with Crippen LogP contribution in [-0.4, -0.2) is 24.1 Å². The van der Waals surface area contributed by atoms with Crippen LogP contribution in [0.5, 0.6) is 0 Å². The highest BCUT2D eigenvalue weighted by atomic mass is 35.5. The molecule has 1 aliphatic rings. The fourth-order valence-electron chi connectivity index (χ4n) is 3.15. The van der Waals surface area contributed by atoms with Crippen LogP contribution >= 0.6 is 11.6 Å². The number of halogens is 1. The highest BCUT2D eigenvalue weighted by molar-refractivity contribution is 6.31. The van der Waals surface area contributed by atoms with Crippen LogP contribution in [0, 0.1) is 5.92 Å². The molecular formula is C16H20ClN3. The quantitative estimate of drug-likeness (QED) is 0.921. The Bertz CT molecular complexity index is 614. The van der Waals surface area contributed by atoms with Gasteiger partial charge in [0.15, 0.2) is 0 Å². The van der Waals surface area contributed by atoms with Gasteiger partial charge in [0, 0.05) is 41.4 Å². The maximum Gasteiger partial charge on any atom is 0.0737 e.